The topological polar surface area (TPSA) is 18.5 Å². The normalized spacial score (nSPS) is 24.3. The van der Waals surface area contributed by atoms with E-state index in [9.17, 15) is 17.6 Å². The maximum absolute atomic E-state index is 14.8. The van der Waals surface area contributed by atoms with Crippen LogP contribution in [0.2, 0.25) is 0 Å². The van der Waals surface area contributed by atoms with E-state index in [1.807, 2.05) is 0 Å². The highest BCUT2D eigenvalue weighted by atomic mass is 19.3. The van der Waals surface area contributed by atoms with Crippen LogP contribution in [0.3, 0.4) is 0 Å². The van der Waals surface area contributed by atoms with Gasteiger partial charge in [0.25, 0.3) is 0 Å². The number of halogens is 4. The highest BCUT2D eigenvalue weighted by Crippen LogP contribution is 2.47. The zero-order valence-electron chi connectivity index (χ0n) is 22.1. The fourth-order valence-electron chi connectivity index (χ4n) is 6.57. The Morgan fingerprint density at radius 2 is 1.43 bits per heavy atom. The van der Waals surface area contributed by atoms with Crippen molar-refractivity contribution in [3.05, 3.63) is 53.1 Å². The third kappa shape index (κ3) is 7.00. The van der Waals surface area contributed by atoms with E-state index in [1.54, 1.807) is 6.92 Å². The molecule has 204 valence electrons. The first kappa shape index (κ1) is 27.8. The molecule has 0 aromatic heterocycles. The molecule has 0 radical (unpaired) electrons. The van der Waals surface area contributed by atoms with Crippen LogP contribution < -0.4 is 9.47 Å². The fourth-order valence-corrected chi connectivity index (χ4v) is 6.57. The number of hydrogen-bond acceptors (Lipinski definition) is 2. The zero-order valence-corrected chi connectivity index (χ0v) is 22.1. The maximum Gasteiger partial charge on any atom is 0.387 e. The molecule has 0 spiro atoms. The Bertz CT molecular complexity index is 991. The number of hydrogen-bond donors (Lipinski definition) is 0. The Balaban J connectivity index is 1.46. The smallest absolute Gasteiger partial charge is 0.387 e. The molecular formula is C31H40F4O2. The number of ether oxygens (including phenoxy) is 2. The third-order valence-electron chi connectivity index (χ3n) is 8.65. The lowest BCUT2D eigenvalue weighted by molar-refractivity contribution is -0.0498. The fraction of sp³-hybridized carbons (Fsp3) is 0.613. The molecule has 2 aromatic carbocycles. The molecule has 0 heterocycles. The van der Waals surface area contributed by atoms with Gasteiger partial charge >= 0.3 is 6.61 Å². The number of alkyl halides is 2. The SMILES string of the molecule is CCCCC1CCC(C2CCC(c3cc(F)c(F)c(CC)c3Oc3ccc(OC(F)F)cc3)CC2)CC1. The molecule has 2 aliphatic carbocycles. The summed E-state index contributed by atoms with van der Waals surface area (Å²) in [6, 6.07) is 7.09. The molecule has 0 bridgehead atoms. The van der Waals surface area contributed by atoms with Crippen LogP contribution in [0.4, 0.5) is 17.6 Å². The van der Waals surface area contributed by atoms with Gasteiger partial charge in [-0.3, -0.25) is 0 Å². The second kappa shape index (κ2) is 13.0. The van der Waals surface area contributed by atoms with Crippen molar-refractivity contribution in [1.29, 1.82) is 0 Å². The van der Waals surface area contributed by atoms with Gasteiger partial charge in [0.1, 0.15) is 17.2 Å². The van der Waals surface area contributed by atoms with Crippen molar-refractivity contribution < 1.29 is 27.0 Å². The molecule has 0 atom stereocenters. The molecule has 0 aliphatic heterocycles. The zero-order chi connectivity index (χ0) is 26.4. The number of rotatable bonds is 10. The third-order valence-corrected chi connectivity index (χ3v) is 8.65. The summed E-state index contributed by atoms with van der Waals surface area (Å²) in [4.78, 5) is 0. The first-order valence-electron chi connectivity index (χ1n) is 14.1. The van der Waals surface area contributed by atoms with Crippen LogP contribution in [0.15, 0.2) is 30.3 Å². The molecule has 2 aromatic rings. The summed E-state index contributed by atoms with van der Waals surface area (Å²) >= 11 is 0. The maximum atomic E-state index is 14.8. The van der Waals surface area contributed by atoms with Crippen LogP contribution in [0, 0.1) is 29.4 Å². The minimum absolute atomic E-state index is 0.0151. The molecule has 37 heavy (non-hydrogen) atoms. The van der Waals surface area contributed by atoms with E-state index in [0.29, 0.717) is 23.0 Å². The van der Waals surface area contributed by atoms with Gasteiger partial charge < -0.3 is 9.47 Å². The summed E-state index contributed by atoms with van der Waals surface area (Å²) in [5, 5.41) is 0. The van der Waals surface area contributed by atoms with Crippen molar-refractivity contribution in [2.75, 3.05) is 0 Å². The van der Waals surface area contributed by atoms with Gasteiger partial charge in [0, 0.05) is 11.1 Å². The molecule has 0 saturated heterocycles. The Morgan fingerprint density at radius 1 is 0.838 bits per heavy atom. The van der Waals surface area contributed by atoms with Crippen LogP contribution in [0.25, 0.3) is 0 Å². The van der Waals surface area contributed by atoms with Crippen LogP contribution in [-0.2, 0) is 6.42 Å². The van der Waals surface area contributed by atoms with Gasteiger partial charge in [0.2, 0.25) is 0 Å². The highest BCUT2D eigenvalue weighted by Gasteiger charge is 2.33. The van der Waals surface area contributed by atoms with E-state index in [1.165, 1.54) is 75.3 Å². The molecule has 0 unspecified atom stereocenters. The van der Waals surface area contributed by atoms with Crippen molar-refractivity contribution in [2.45, 2.75) is 103 Å². The van der Waals surface area contributed by atoms with Gasteiger partial charge in [-0.1, -0.05) is 46.0 Å². The van der Waals surface area contributed by atoms with Crippen molar-refractivity contribution in [3.63, 3.8) is 0 Å². The Labute approximate surface area is 218 Å². The van der Waals surface area contributed by atoms with Gasteiger partial charge in [-0.2, -0.15) is 8.78 Å². The second-order valence-electron chi connectivity index (χ2n) is 10.9. The second-order valence-corrected chi connectivity index (χ2v) is 10.9. The van der Waals surface area contributed by atoms with Crippen LogP contribution >= 0.6 is 0 Å². The molecule has 2 aliphatic rings. The quantitative estimate of drug-likeness (QED) is 0.290. The largest absolute Gasteiger partial charge is 0.457 e. The molecule has 4 rings (SSSR count). The summed E-state index contributed by atoms with van der Waals surface area (Å²) in [6.07, 6.45) is 13.7. The minimum atomic E-state index is -2.91. The Hall–Kier alpha value is -2.24. The van der Waals surface area contributed by atoms with Crippen LogP contribution in [-0.4, -0.2) is 6.61 Å². The number of unbranched alkanes of at least 4 members (excludes halogenated alkanes) is 1. The summed E-state index contributed by atoms with van der Waals surface area (Å²) in [6.45, 7) is 1.13. The van der Waals surface area contributed by atoms with E-state index in [4.69, 9.17) is 4.74 Å². The lowest BCUT2D eigenvalue weighted by atomic mass is 9.67. The number of benzene rings is 2. The molecule has 2 nitrogen and oxygen atoms in total. The molecule has 0 amide bonds. The van der Waals surface area contributed by atoms with Gasteiger partial charge in [-0.25, -0.2) is 8.78 Å². The van der Waals surface area contributed by atoms with Crippen molar-refractivity contribution >= 4 is 0 Å². The van der Waals surface area contributed by atoms with Gasteiger partial charge in [-0.05, 0) is 98.9 Å². The highest BCUT2D eigenvalue weighted by molar-refractivity contribution is 5.48. The first-order valence-corrected chi connectivity index (χ1v) is 14.1. The molecular weight excluding hydrogens is 480 g/mol. The lowest BCUT2D eigenvalue weighted by Gasteiger charge is -2.38. The predicted octanol–water partition coefficient (Wildman–Crippen LogP) is 10.2. The Morgan fingerprint density at radius 3 is 2.00 bits per heavy atom. The lowest BCUT2D eigenvalue weighted by Crippen LogP contribution is -2.25. The van der Waals surface area contributed by atoms with Crippen molar-refractivity contribution in [2.24, 2.45) is 17.8 Å². The Kier molecular flexibility index (Phi) is 9.77. The average Bonchev–Trinajstić information content (AvgIpc) is 2.91. The molecule has 0 N–H and O–H groups in total. The van der Waals surface area contributed by atoms with E-state index in [-0.39, 0.29) is 23.7 Å². The molecule has 6 heteroatoms. The standard InChI is InChI=1S/C31H40F4O2/c1-3-5-6-20-7-9-21(10-8-20)22-11-13-23(14-12-22)27-19-28(32)29(33)26(4-2)30(27)36-24-15-17-25(18-16-24)37-31(34)35/h15-23,31H,3-14H2,1-2H3. The first-order chi connectivity index (χ1) is 17.9. The van der Waals surface area contributed by atoms with E-state index in [0.717, 1.165) is 37.5 Å². The van der Waals surface area contributed by atoms with Gasteiger partial charge in [0.05, 0.1) is 0 Å². The van der Waals surface area contributed by atoms with Crippen molar-refractivity contribution in [1.82, 2.24) is 0 Å². The van der Waals surface area contributed by atoms with E-state index < -0.39 is 18.2 Å². The molecule has 2 fully saturated rings. The summed E-state index contributed by atoms with van der Waals surface area (Å²) in [5.41, 5.74) is 0.931. The molecule has 2 saturated carbocycles. The summed E-state index contributed by atoms with van der Waals surface area (Å²) < 4.78 is 64.9. The monoisotopic (exact) mass is 520 g/mol. The van der Waals surface area contributed by atoms with Crippen molar-refractivity contribution in [3.8, 4) is 17.2 Å². The van der Waals surface area contributed by atoms with Crippen LogP contribution in [0.1, 0.15) is 102 Å². The average molecular weight is 521 g/mol. The van der Waals surface area contributed by atoms with E-state index >= 15 is 0 Å². The van der Waals surface area contributed by atoms with E-state index in [2.05, 4.69) is 11.7 Å². The summed E-state index contributed by atoms with van der Waals surface area (Å²) in [7, 11) is 0. The van der Waals surface area contributed by atoms with Crippen LogP contribution in [0.5, 0.6) is 17.2 Å². The predicted molar refractivity (Wildman–Crippen MR) is 139 cm³/mol. The van der Waals surface area contributed by atoms with Gasteiger partial charge in [-0.15, -0.1) is 0 Å². The minimum Gasteiger partial charge on any atom is -0.457 e. The summed E-state index contributed by atoms with van der Waals surface area (Å²) in [5.74, 6) is 1.54. The van der Waals surface area contributed by atoms with Gasteiger partial charge in [0.15, 0.2) is 11.6 Å².